The number of hydrogen-bond donors (Lipinski definition) is 1. The first-order valence-corrected chi connectivity index (χ1v) is 11.8. The predicted octanol–water partition coefficient (Wildman–Crippen LogP) is 2.25. The third-order valence-electron chi connectivity index (χ3n) is 6.18. The lowest BCUT2D eigenvalue weighted by Crippen LogP contribution is -2.54. The molecule has 7 nitrogen and oxygen atoms in total. The highest BCUT2D eigenvalue weighted by molar-refractivity contribution is 14.0. The summed E-state index contributed by atoms with van der Waals surface area (Å²) in [5.41, 5.74) is 0.965. The first kappa shape index (κ1) is 27.1. The topological polar surface area (TPSA) is 54.4 Å². The molecule has 2 heterocycles. The maximum atomic E-state index is 12.7. The van der Waals surface area contributed by atoms with Crippen LogP contribution in [0.4, 0.5) is 0 Å². The number of likely N-dealkylation sites (N-methyl/N-ethyl adjacent to an activating group) is 1. The van der Waals surface area contributed by atoms with Crippen LogP contribution in [0.25, 0.3) is 0 Å². The van der Waals surface area contributed by atoms with Crippen molar-refractivity contribution in [3.8, 4) is 0 Å². The van der Waals surface area contributed by atoms with Crippen LogP contribution in [-0.2, 0) is 11.2 Å². The van der Waals surface area contributed by atoms with Crippen molar-refractivity contribution in [1.82, 2.24) is 24.9 Å². The lowest BCUT2D eigenvalue weighted by molar-refractivity contribution is -0.131. The molecule has 0 aromatic heterocycles. The molecule has 0 spiro atoms. The maximum Gasteiger partial charge on any atom is 0.227 e. The molecule has 3 rings (SSSR count). The second-order valence-corrected chi connectivity index (χ2v) is 8.99. The van der Waals surface area contributed by atoms with E-state index >= 15 is 0 Å². The quantitative estimate of drug-likeness (QED) is 0.320. The zero-order chi connectivity index (χ0) is 22.2. The summed E-state index contributed by atoms with van der Waals surface area (Å²) in [5.74, 6) is 1.12. The smallest absolute Gasteiger partial charge is 0.227 e. The van der Waals surface area contributed by atoms with Crippen LogP contribution in [0.15, 0.2) is 29.3 Å². The Hall–Kier alpha value is -1.10. The van der Waals surface area contributed by atoms with Crippen molar-refractivity contribution in [3.05, 3.63) is 34.9 Å². The monoisotopic (exact) mass is 576 g/mol. The van der Waals surface area contributed by atoms with Crippen LogP contribution in [0.5, 0.6) is 0 Å². The molecule has 2 fully saturated rings. The standard InChI is InChI=1S/C23H37ClN6O.HI/c1-4-25-23(26-18-19(2)28-10-8-27(3)9-11-28)30-14-12-29(13-15-30)22(31)17-20-6-5-7-21(24)16-20;/h5-7,16,19H,4,8-15,17-18H2,1-3H3,(H,25,26);1H. The molecular formula is C23H38ClIN6O. The number of rotatable bonds is 6. The van der Waals surface area contributed by atoms with Gasteiger partial charge in [-0.2, -0.15) is 0 Å². The van der Waals surface area contributed by atoms with Crippen LogP contribution in [-0.4, -0.2) is 110 Å². The zero-order valence-corrected chi connectivity index (χ0v) is 22.7. The van der Waals surface area contributed by atoms with Crippen LogP contribution in [0.1, 0.15) is 19.4 Å². The zero-order valence-electron chi connectivity index (χ0n) is 19.6. The maximum absolute atomic E-state index is 12.7. The van der Waals surface area contributed by atoms with Gasteiger partial charge in [-0.1, -0.05) is 23.7 Å². The number of nitrogens with zero attached hydrogens (tertiary/aromatic N) is 5. The molecule has 1 amide bonds. The molecule has 0 saturated carbocycles. The molecule has 0 radical (unpaired) electrons. The van der Waals surface area contributed by atoms with Crippen LogP contribution in [0, 0.1) is 0 Å². The second kappa shape index (κ2) is 13.6. The van der Waals surface area contributed by atoms with Crippen LogP contribution >= 0.6 is 35.6 Å². The summed E-state index contributed by atoms with van der Waals surface area (Å²) in [6.07, 6.45) is 0.400. The van der Waals surface area contributed by atoms with Crippen molar-refractivity contribution >= 4 is 47.4 Å². The Morgan fingerprint density at radius 3 is 2.38 bits per heavy atom. The van der Waals surface area contributed by atoms with Crippen molar-refractivity contribution in [2.24, 2.45) is 4.99 Å². The highest BCUT2D eigenvalue weighted by Gasteiger charge is 2.24. The molecule has 1 N–H and O–H groups in total. The van der Waals surface area contributed by atoms with E-state index in [-0.39, 0.29) is 29.9 Å². The van der Waals surface area contributed by atoms with E-state index in [1.54, 1.807) is 0 Å². The largest absolute Gasteiger partial charge is 0.357 e. The van der Waals surface area contributed by atoms with Crippen LogP contribution in [0.3, 0.4) is 0 Å². The van der Waals surface area contributed by atoms with E-state index in [1.807, 2.05) is 29.2 Å². The SMILES string of the molecule is CCNC(=NCC(C)N1CCN(C)CC1)N1CCN(C(=O)Cc2cccc(Cl)c2)CC1.I. The average molecular weight is 577 g/mol. The average Bonchev–Trinajstić information content (AvgIpc) is 2.77. The summed E-state index contributed by atoms with van der Waals surface area (Å²) in [6.45, 7) is 13.5. The van der Waals surface area contributed by atoms with Crippen LogP contribution in [0.2, 0.25) is 5.02 Å². The Labute approximate surface area is 215 Å². The number of amides is 1. The number of guanidine groups is 1. The van der Waals surface area contributed by atoms with Gasteiger partial charge in [0.15, 0.2) is 5.96 Å². The van der Waals surface area contributed by atoms with Crippen molar-refractivity contribution in [2.45, 2.75) is 26.3 Å². The summed E-state index contributed by atoms with van der Waals surface area (Å²) in [7, 11) is 2.18. The molecule has 9 heteroatoms. The Balaban J connectivity index is 0.00000363. The molecular weight excluding hydrogens is 539 g/mol. The van der Waals surface area contributed by atoms with Gasteiger partial charge >= 0.3 is 0 Å². The van der Waals surface area contributed by atoms with Gasteiger partial charge in [-0.05, 0) is 38.6 Å². The van der Waals surface area contributed by atoms with E-state index in [9.17, 15) is 4.79 Å². The third-order valence-corrected chi connectivity index (χ3v) is 6.41. The lowest BCUT2D eigenvalue weighted by atomic mass is 10.1. The Morgan fingerprint density at radius 2 is 1.75 bits per heavy atom. The molecule has 180 valence electrons. The first-order chi connectivity index (χ1) is 15.0. The normalized spacial score (nSPS) is 19.4. The molecule has 32 heavy (non-hydrogen) atoms. The summed E-state index contributed by atoms with van der Waals surface area (Å²) < 4.78 is 0. The molecule has 2 saturated heterocycles. The van der Waals surface area contributed by atoms with Crippen LogP contribution < -0.4 is 5.32 Å². The number of nitrogens with one attached hydrogen (secondary N) is 1. The molecule has 0 aliphatic carbocycles. The van der Waals surface area contributed by atoms with Gasteiger partial charge in [0.1, 0.15) is 0 Å². The van der Waals surface area contributed by atoms with E-state index in [4.69, 9.17) is 16.6 Å². The number of aliphatic imine (C=N–C) groups is 1. The molecule has 2 aliphatic heterocycles. The van der Waals surface area contributed by atoms with E-state index in [0.717, 1.165) is 77.0 Å². The number of piperazine rings is 2. The summed E-state index contributed by atoms with van der Waals surface area (Å²) in [4.78, 5) is 26.8. The minimum Gasteiger partial charge on any atom is -0.357 e. The van der Waals surface area contributed by atoms with E-state index < -0.39 is 0 Å². The number of carbonyl (C=O) groups is 1. The fourth-order valence-corrected chi connectivity index (χ4v) is 4.34. The molecule has 1 atom stereocenters. The van der Waals surface area contributed by atoms with Crippen molar-refractivity contribution in [1.29, 1.82) is 0 Å². The minimum absolute atomic E-state index is 0. The van der Waals surface area contributed by atoms with Gasteiger partial charge in [0.05, 0.1) is 13.0 Å². The van der Waals surface area contributed by atoms with Gasteiger partial charge in [0, 0.05) is 70.0 Å². The number of hydrogen-bond acceptors (Lipinski definition) is 4. The number of halogens is 2. The number of carbonyl (C=O) groups excluding carboxylic acids is 1. The third kappa shape index (κ3) is 8.04. The van der Waals surface area contributed by atoms with Crippen molar-refractivity contribution in [2.75, 3.05) is 72.5 Å². The second-order valence-electron chi connectivity index (χ2n) is 8.56. The Kier molecular flexibility index (Phi) is 11.5. The first-order valence-electron chi connectivity index (χ1n) is 11.4. The Bertz CT molecular complexity index is 748. The lowest BCUT2D eigenvalue weighted by Gasteiger charge is -2.38. The predicted molar refractivity (Wildman–Crippen MR) is 143 cm³/mol. The van der Waals surface area contributed by atoms with Gasteiger partial charge in [-0.25, -0.2) is 0 Å². The van der Waals surface area contributed by atoms with Crippen molar-refractivity contribution in [3.63, 3.8) is 0 Å². The Morgan fingerprint density at radius 1 is 1.09 bits per heavy atom. The van der Waals surface area contributed by atoms with E-state index in [1.165, 1.54) is 0 Å². The van der Waals surface area contributed by atoms with Gasteiger partial charge in [0.25, 0.3) is 0 Å². The van der Waals surface area contributed by atoms with Gasteiger partial charge in [0.2, 0.25) is 5.91 Å². The van der Waals surface area contributed by atoms with E-state index in [2.05, 4.69) is 40.9 Å². The van der Waals surface area contributed by atoms with Gasteiger partial charge in [-0.15, -0.1) is 24.0 Å². The van der Waals surface area contributed by atoms with Gasteiger partial charge < -0.3 is 20.0 Å². The molecule has 1 unspecified atom stereocenters. The van der Waals surface area contributed by atoms with Gasteiger partial charge in [-0.3, -0.25) is 14.7 Å². The molecule has 2 aliphatic rings. The van der Waals surface area contributed by atoms with E-state index in [0.29, 0.717) is 17.5 Å². The molecule has 1 aromatic rings. The fourth-order valence-electron chi connectivity index (χ4n) is 4.12. The molecule has 0 bridgehead atoms. The highest BCUT2D eigenvalue weighted by Crippen LogP contribution is 2.13. The summed E-state index contributed by atoms with van der Waals surface area (Å²) in [5, 5.41) is 4.11. The highest BCUT2D eigenvalue weighted by atomic mass is 127. The fraction of sp³-hybridized carbons (Fsp3) is 0.652. The van der Waals surface area contributed by atoms with Crippen molar-refractivity contribution < 1.29 is 4.79 Å². The molecule has 1 aromatic carbocycles. The summed E-state index contributed by atoms with van der Waals surface area (Å²) >= 11 is 6.05. The minimum atomic E-state index is 0. The number of benzene rings is 1. The summed E-state index contributed by atoms with van der Waals surface area (Å²) in [6, 6.07) is 7.99.